The van der Waals surface area contributed by atoms with E-state index < -0.39 is 0 Å². The maximum Gasteiger partial charge on any atom is 0.210 e. The molecule has 1 aromatic rings. The number of rotatable bonds is 5. The third-order valence-corrected chi connectivity index (χ3v) is 3.29. The van der Waals surface area contributed by atoms with Gasteiger partial charge in [0.05, 0.1) is 6.61 Å². The number of nitrogens with zero attached hydrogens (tertiary/aromatic N) is 3. The van der Waals surface area contributed by atoms with Crippen molar-refractivity contribution in [2.75, 3.05) is 26.2 Å². The van der Waals surface area contributed by atoms with Gasteiger partial charge in [-0.3, -0.25) is 14.4 Å². The molecule has 2 rings (SSSR count). The lowest BCUT2D eigenvalue weighted by Crippen LogP contribution is -2.46. The van der Waals surface area contributed by atoms with Crippen LogP contribution in [0.25, 0.3) is 0 Å². The summed E-state index contributed by atoms with van der Waals surface area (Å²) < 4.78 is 7.37. The van der Waals surface area contributed by atoms with Crippen molar-refractivity contribution in [3.05, 3.63) is 18.0 Å². The molecule has 1 fully saturated rings. The van der Waals surface area contributed by atoms with Gasteiger partial charge >= 0.3 is 0 Å². The van der Waals surface area contributed by atoms with Crippen molar-refractivity contribution in [1.82, 2.24) is 14.7 Å². The third-order valence-electron chi connectivity index (χ3n) is 3.29. The number of hydrogen-bond acceptors (Lipinski definition) is 4. The number of carbonyl (C=O) groups is 1. The van der Waals surface area contributed by atoms with Crippen molar-refractivity contribution >= 4 is 5.78 Å². The van der Waals surface area contributed by atoms with E-state index in [-0.39, 0.29) is 11.9 Å². The van der Waals surface area contributed by atoms with Gasteiger partial charge in [-0.15, -0.1) is 0 Å². The summed E-state index contributed by atoms with van der Waals surface area (Å²) in [6.45, 7) is 8.15. The van der Waals surface area contributed by atoms with Crippen molar-refractivity contribution in [3.63, 3.8) is 0 Å². The molecule has 0 aliphatic carbocycles. The lowest BCUT2D eigenvalue weighted by Gasteiger charge is -2.31. The number of Topliss-reactive ketones (excluding diaryl/α,β-unsaturated/α-hetero) is 1. The summed E-state index contributed by atoms with van der Waals surface area (Å²) in [7, 11) is 0. The monoisotopic (exact) mass is 251 g/mol. The second kappa shape index (κ2) is 6.11. The van der Waals surface area contributed by atoms with Gasteiger partial charge in [0.25, 0.3) is 0 Å². The molecular formula is C13H21N3O2. The normalized spacial score (nSPS) is 21.1. The number of aryl methyl sites for hydroxylation is 1. The largest absolute Gasteiger partial charge is 0.367 e. The highest BCUT2D eigenvalue weighted by Crippen LogP contribution is 2.12. The molecule has 0 spiro atoms. The third kappa shape index (κ3) is 2.79. The highest BCUT2D eigenvalue weighted by molar-refractivity contribution is 5.98. The summed E-state index contributed by atoms with van der Waals surface area (Å²) in [6.07, 6.45) is 2.31. The van der Waals surface area contributed by atoms with Gasteiger partial charge in [0, 0.05) is 25.8 Å². The summed E-state index contributed by atoms with van der Waals surface area (Å²) >= 11 is 0. The first-order valence-electron chi connectivity index (χ1n) is 6.66. The Morgan fingerprint density at radius 3 is 3.11 bits per heavy atom. The van der Waals surface area contributed by atoms with Gasteiger partial charge in [0.15, 0.2) is 0 Å². The zero-order chi connectivity index (χ0) is 13.0. The second-order valence-electron chi connectivity index (χ2n) is 4.56. The molecule has 2 heterocycles. The molecular weight excluding hydrogens is 230 g/mol. The quantitative estimate of drug-likeness (QED) is 0.738. The van der Waals surface area contributed by atoms with E-state index >= 15 is 0 Å². The van der Waals surface area contributed by atoms with Crippen LogP contribution in [-0.4, -0.2) is 52.8 Å². The fourth-order valence-corrected chi connectivity index (χ4v) is 2.25. The summed E-state index contributed by atoms with van der Waals surface area (Å²) in [4.78, 5) is 14.6. The van der Waals surface area contributed by atoms with Crippen molar-refractivity contribution in [1.29, 1.82) is 0 Å². The highest BCUT2D eigenvalue weighted by Gasteiger charge is 2.28. The van der Waals surface area contributed by atoms with E-state index in [1.54, 1.807) is 16.9 Å². The molecule has 0 radical (unpaired) electrons. The van der Waals surface area contributed by atoms with Crippen LogP contribution in [0.15, 0.2) is 12.3 Å². The van der Waals surface area contributed by atoms with Gasteiger partial charge in [-0.2, -0.15) is 5.10 Å². The lowest BCUT2D eigenvalue weighted by atomic mass is 10.1. The van der Waals surface area contributed by atoms with E-state index in [2.05, 4.69) is 23.8 Å². The molecule has 0 amide bonds. The highest BCUT2D eigenvalue weighted by atomic mass is 16.5. The molecule has 100 valence electrons. The first kappa shape index (κ1) is 13.2. The molecule has 1 unspecified atom stereocenters. The molecule has 0 N–H and O–H groups in total. The second-order valence-corrected chi connectivity index (χ2v) is 4.56. The van der Waals surface area contributed by atoms with Crippen LogP contribution >= 0.6 is 0 Å². The van der Waals surface area contributed by atoms with Crippen LogP contribution in [0.2, 0.25) is 0 Å². The number of ketones is 1. The van der Waals surface area contributed by atoms with Crippen LogP contribution < -0.4 is 0 Å². The molecule has 0 bridgehead atoms. The molecule has 1 atom stereocenters. The lowest BCUT2D eigenvalue weighted by molar-refractivity contribution is -0.0153. The zero-order valence-corrected chi connectivity index (χ0v) is 11.1. The molecule has 1 saturated heterocycles. The van der Waals surface area contributed by atoms with Gasteiger partial charge in [-0.1, -0.05) is 13.8 Å². The molecule has 18 heavy (non-hydrogen) atoms. The van der Waals surface area contributed by atoms with E-state index in [4.69, 9.17) is 4.74 Å². The zero-order valence-electron chi connectivity index (χ0n) is 11.1. The Kier molecular flexibility index (Phi) is 4.49. The number of hydrogen-bond donors (Lipinski definition) is 0. The molecule has 1 aliphatic rings. The van der Waals surface area contributed by atoms with Crippen LogP contribution in [0.3, 0.4) is 0 Å². The van der Waals surface area contributed by atoms with Gasteiger partial charge in [0.2, 0.25) is 5.78 Å². The number of ether oxygens (including phenoxy) is 1. The summed E-state index contributed by atoms with van der Waals surface area (Å²) in [6, 6.07) is 1.78. The van der Waals surface area contributed by atoms with E-state index in [0.29, 0.717) is 18.8 Å². The van der Waals surface area contributed by atoms with Crippen molar-refractivity contribution in [2.45, 2.75) is 32.9 Å². The Balaban J connectivity index is 2.08. The van der Waals surface area contributed by atoms with E-state index in [0.717, 1.165) is 26.1 Å². The number of morpholine rings is 1. The maximum absolute atomic E-state index is 12.4. The number of carbonyl (C=O) groups excluding carboxylic acids is 1. The Morgan fingerprint density at radius 1 is 1.56 bits per heavy atom. The van der Waals surface area contributed by atoms with Crippen molar-refractivity contribution in [3.8, 4) is 0 Å². The molecule has 5 nitrogen and oxygen atoms in total. The van der Waals surface area contributed by atoms with Crippen LogP contribution in [-0.2, 0) is 11.3 Å². The Morgan fingerprint density at radius 2 is 2.39 bits per heavy atom. The maximum atomic E-state index is 12.4. The summed E-state index contributed by atoms with van der Waals surface area (Å²) in [5.41, 5.74) is 0.666. The van der Waals surface area contributed by atoms with Crippen LogP contribution in [0.5, 0.6) is 0 Å². The molecule has 5 heteroatoms. The van der Waals surface area contributed by atoms with Crippen molar-refractivity contribution < 1.29 is 9.53 Å². The van der Waals surface area contributed by atoms with Crippen LogP contribution in [0.4, 0.5) is 0 Å². The molecule has 0 saturated carbocycles. The van der Waals surface area contributed by atoms with Crippen LogP contribution in [0, 0.1) is 0 Å². The Bertz CT molecular complexity index is 403. The van der Waals surface area contributed by atoms with Gasteiger partial charge in [-0.25, -0.2) is 0 Å². The smallest absolute Gasteiger partial charge is 0.210 e. The van der Waals surface area contributed by atoms with E-state index in [9.17, 15) is 4.79 Å². The number of likely N-dealkylation sites (N-methyl/N-ethyl adjacent to an activating group) is 1. The number of aromatic nitrogens is 2. The average Bonchev–Trinajstić information content (AvgIpc) is 2.86. The van der Waals surface area contributed by atoms with E-state index in [1.165, 1.54) is 0 Å². The fraction of sp³-hybridized carbons (Fsp3) is 0.692. The molecule has 0 aromatic carbocycles. The average molecular weight is 251 g/mol. The topological polar surface area (TPSA) is 47.4 Å². The Labute approximate surface area is 108 Å². The molecule has 1 aromatic heterocycles. The van der Waals surface area contributed by atoms with Crippen LogP contribution in [0.1, 0.15) is 30.8 Å². The fourth-order valence-electron chi connectivity index (χ4n) is 2.25. The first-order chi connectivity index (χ1) is 8.76. The minimum absolute atomic E-state index is 0.0547. The molecule has 1 aliphatic heterocycles. The summed E-state index contributed by atoms with van der Waals surface area (Å²) in [5.74, 6) is 0.0547. The van der Waals surface area contributed by atoms with Gasteiger partial charge in [0.1, 0.15) is 11.8 Å². The predicted octanol–water partition coefficient (Wildman–Crippen LogP) is 1.20. The minimum atomic E-state index is -0.342. The minimum Gasteiger partial charge on any atom is -0.367 e. The first-order valence-corrected chi connectivity index (χ1v) is 6.66. The summed E-state index contributed by atoms with van der Waals surface area (Å²) in [5, 5.41) is 4.19. The standard InChI is InChI=1S/C13H21N3O2/c1-3-7-16-11(5-6-14-16)13(17)12-10-15(4-2)8-9-18-12/h5-6,12H,3-4,7-10H2,1-2H3. The SMILES string of the molecule is CCCn1nccc1C(=O)C1CN(CC)CCO1. The Hall–Kier alpha value is -1.20. The van der Waals surface area contributed by atoms with Gasteiger partial charge in [-0.05, 0) is 19.0 Å². The van der Waals surface area contributed by atoms with E-state index in [1.807, 2.05) is 0 Å². The van der Waals surface area contributed by atoms with Crippen molar-refractivity contribution in [2.24, 2.45) is 0 Å². The van der Waals surface area contributed by atoms with Gasteiger partial charge < -0.3 is 4.74 Å². The predicted molar refractivity (Wildman–Crippen MR) is 68.7 cm³/mol.